The van der Waals surface area contributed by atoms with Crippen molar-refractivity contribution >= 4 is 5.96 Å². The summed E-state index contributed by atoms with van der Waals surface area (Å²) in [6, 6.07) is 0.0606. The van der Waals surface area contributed by atoms with Gasteiger partial charge in [0.15, 0.2) is 5.96 Å². The van der Waals surface area contributed by atoms with E-state index in [0.717, 1.165) is 44.2 Å². The molecule has 0 saturated carbocycles. The number of hydrogen-bond donors (Lipinski definition) is 1. The van der Waals surface area contributed by atoms with Crippen LogP contribution in [0.15, 0.2) is 4.99 Å². The molecule has 0 bridgehead atoms. The Morgan fingerprint density at radius 1 is 1.19 bits per heavy atom. The summed E-state index contributed by atoms with van der Waals surface area (Å²) in [5.41, 5.74) is 0. The largest absolute Gasteiger partial charge is 0.401 e. The van der Waals surface area contributed by atoms with Crippen molar-refractivity contribution in [3.8, 4) is 0 Å². The van der Waals surface area contributed by atoms with Gasteiger partial charge in [0.25, 0.3) is 0 Å². The molecule has 7 heteroatoms. The van der Waals surface area contributed by atoms with Crippen molar-refractivity contribution in [3.05, 3.63) is 0 Å². The zero-order chi connectivity index (χ0) is 15.5. The number of rotatable bonds is 2. The molecule has 2 rings (SSSR count). The zero-order valence-corrected chi connectivity index (χ0v) is 12.8. The number of piperidine rings is 1. The summed E-state index contributed by atoms with van der Waals surface area (Å²) < 4.78 is 37.2. The molecule has 0 aromatic rings. The second-order valence-corrected chi connectivity index (χ2v) is 6.20. The Balaban J connectivity index is 1.81. The van der Waals surface area contributed by atoms with E-state index in [1.165, 1.54) is 4.90 Å². The van der Waals surface area contributed by atoms with Gasteiger partial charge >= 0.3 is 6.18 Å². The van der Waals surface area contributed by atoms with Gasteiger partial charge in [0.05, 0.1) is 6.54 Å². The lowest BCUT2D eigenvalue weighted by molar-refractivity contribution is -0.143. The van der Waals surface area contributed by atoms with Crippen molar-refractivity contribution in [1.82, 2.24) is 15.1 Å². The molecule has 0 aromatic carbocycles. The van der Waals surface area contributed by atoms with Gasteiger partial charge in [-0.2, -0.15) is 13.2 Å². The van der Waals surface area contributed by atoms with E-state index in [4.69, 9.17) is 0 Å². The number of nitrogens with one attached hydrogen (secondary N) is 1. The van der Waals surface area contributed by atoms with Gasteiger partial charge in [-0.05, 0) is 25.2 Å². The molecule has 4 nitrogen and oxygen atoms in total. The Hall–Kier alpha value is -0.980. The quantitative estimate of drug-likeness (QED) is 0.625. The first-order valence-electron chi connectivity index (χ1n) is 7.65. The van der Waals surface area contributed by atoms with Gasteiger partial charge in [-0.15, -0.1) is 0 Å². The van der Waals surface area contributed by atoms with Crippen molar-refractivity contribution in [3.63, 3.8) is 0 Å². The third kappa shape index (κ3) is 5.05. The molecule has 1 atom stereocenters. The Morgan fingerprint density at radius 2 is 1.86 bits per heavy atom. The molecule has 2 fully saturated rings. The second kappa shape index (κ2) is 6.85. The van der Waals surface area contributed by atoms with E-state index >= 15 is 0 Å². The summed E-state index contributed by atoms with van der Waals surface area (Å²) in [5, 5.41) is 3.33. The molecule has 0 aliphatic carbocycles. The van der Waals surface area contributed by atoms with Crippen molar-refractivity contribution in [2.45, 2.75) is 38.4 Å². The molecule has 2 heterocycles. The van der Waals surface area contributed by atoms with Crippen molar-refractivity contribution in [2.75, 3.05) is 39.8 Å². The smallest absolute Gasteiger partial charge is 0.352 e. The Morgan fingerprint density at radius 3 is 2.43 bits per heavy atom. The molecular formula is C14H25F3N4. The van der Waals surface area contributed by atoms with Gasteiger partial charge in [0.1, 0.15) is 0 Å². The first-order chi connectivity index (χ1) is 9.87. The fourth-order valence-corrected chi connectivity index (χ4v) is 3.05. The predicted molar refractivity (Wildman–Crippen MR) is 77.4 cm³/mol. The zero-order valence-electron chi connectivity index (χ0n) is 12.8. The van der Waals surface area contributed by atoms with Crippen LogP contribution in [-0.4, -0.2) is 67.7 Å². The highest BCUT2D eigenvalue weighted by Gasteiger charge is 2.34. The molecule has 0 spiro atoms. The maximum absolute atomic E-state index is 12.4. The predicted octanol–water partition coefficient (Wildman–Crippen LogP) is 1.93. The van der Waals surface area contributed by atoms with E-state index in [1.54, 1.807) is 7.05 Å². The van der Waals surface area contributed by atoms with Crippen molar-refractivity contribution in [2.24, 2.45) is 10.9 Å². The van der Waals surface area contributed by atoms with Gasteiger partial charge in [-0.1, -0.05) is 6.92 Å². The molecule has 1 unspecified atom stereocenters. The van der Waals surface area contributed by atoms with Crippen LogP contribution in [0, 0.1) is 5.92 Å². The third-order valence-corrected chi connectivity index (χ3v) is 4.30. The number of hydrogen-bond acceptors (Lipinski definition) is 2. The second-order valence-electron chi connectivity index (χ2n) is 6.20. The number of alkyl halides is 3. The summed E-state index contributed by atoms with van der Waals surface area (Å²) in [4.78, 5) is 7.97. The minimum absolute atomic E-state index is 0.0606. The van der Waals surface area contributed by atoms with Crippen LogP contribution in [0.1, 0.15) is 26.2 Å². The van der Waals surface area contributed by atoms with E-state index in [1.807, 2.05) is 0 Å². The van der Waals surface area contributed by atoms with Crippen LogP contribution >= 0.6 is 0 Å². The number of aliphatic imine (C=N–C) groups is 1. The topological polar surface area (TPSA) is 30.9 Å². The molecule has 122 valence electrons. The van der Waals surface area contributed by atoms with Crippen molar-refractivity contribution in [1.29, 1.82) is 0 Å². The number of halogens is 3. The molecule has 0 radical (unpaired) electrons. The summed E-state index contributed by atoms with van der Waals surface area (Å²) in [6.45, 7) is 4.30. The highest BCUT2D eigenvalue weighted by Crippen LogP contribution is 2.20. The Bertz CT molecular complexity index is 362. The molecule has 2 saturated heterocycles. The summed E-state index contributed by atoms with van der Waals surface area (Å²) in [5.74, 6) is 1.58. The monoisotopic (exact) mass is 306 g/mol. The van der Waals surface area contributed by atoms with Gasteiger partial charge in [-0.25, -0.2) is 0 Å². The van der Waals surface area contributed by atoms with Crippen LogP contribution in [0.3, 0.4) is 0 Å². The standard InChI is InChI=1S/C14H25F3N4/c1-11-3-7-21(8-4-11)13(18-2)19-12-5-6-20(9-12)10-14(15,16)17/h11-12H,3-10H2,1-2H3,(H,18,19). The Labute approximate surface area is 124 Å². The first-order valence-corrected chi connectivity index (χ1v) is 7.65. The average Bonchev–Trinajstić information content (AvgIpc) is 2.82. The first kappa shape index (κ1) is 16.4. The van der Waals surface area contributed by atoms with Gasteiger partial charge in [0, 0.05) is 39.3 Å². The third-order valence-electron chi connectivity index (χ3n) is 4.30. The molecule has 2 aliphatic rings. The van der Waals surface area contributed by atoms with Crippen LogP contribution in [0.25, 0.3) is 0 Å². The summed E-state index contributed by atoms with van der Waals surface area (Å²) in [7, 11) is 1.74. The summed E-state index contributed by atoms with van der Waals surface area (Å²) in [6.07, 6.45) is -1.09. The molecule has 2 aliphatic heterocycles. The van der Waals surface area contributed by atoms with Gasteiger partial charge < -0.3 is 10.2 Å². The minimum atomic E-state index is -4.11. The SMILES string of the molecule is CN=C(NC1CCN(CC(F)(F)F)C1)N1CCC(C)CC1. The van der Waals surface area contributed by atoms with E-state index in [9.17, 15) is 13.2 Å². The van der Waals surface area contributed by atoms with E-state index in [0.29, 0.717) is 13.1 Å². The number of nitrogens with zero attached hydrogens (tertiary/aromatic N) is 3. The molecule has 0 amide bonds. The normalized spacial score (nSPS) is 26.4. The highest BCUT2D eigenvalue weighted by atomic mass is 19.4. The van der Waals surface area contributed by atoms with Crippen molar-refractivity contribution < 1.29 is 13.2 Å². The van der Waals surface area contributed by atoms with E-state index < -0.39 is 12.7 Å². The molecular weight excluding hydrogens is 281 g/mol. The maximum Gasteiger partial charge on any atom is 0.401 e. The fraction of sp³-hybridized carbons (Fsp3) is 0.929. The summed E-state index contributed by atoms with van der Waals surface area (Å²) >= 11 is 0. The molecule has 21 heavy (non-hydrogen) atoms. The van der Waals surface area contributed by atoms with E-state index in [2.05, 4.69) is 22.1 Å². The lowest BCUT2D eigenvalue weighted by Gasteiger charge is -2.34. The number of likely N-dealkylation sites (tertiary alicyclic amines) is 2. The van der Waals surface area contributed by atoms with Crippen LogP contribution in [0.5, 0.6) is 0 Å². The highest BCUT2D eigenvalue weighted by molar-refractivity contribution is 5.80. The Kier molecular flexibility index (Phi) is 5.35. The van der Waals surface area contributed by atoms with E-state index in [-0.39, 0.29) is 6.04 Å². The lowest BCUT2D eigenvalue weighted by atomic mass is 9.99. The van der Waals surface area contributed by atoms with Crippen LogP contribution in [0.4, 0.5) is 13.2 Å². The average molecular weight is 306 g/mol. The fourth-order valence-electron chi connectivity index (χ4n) is 3.05. The van der Waals surface area contributed by atoms with Crippen LogP contribution in [-0.2, 0) is 0 Å². The van der Waals surface area contributed by atoms with Crippen LogP contribution in [0.2, 0.25) is 0 Å². The molecule has 1 N–H and O–H groups in total. The minimum Gasteiger partial charge on any atom is -0.352 e. The lowest BCUT2D eigenvalue weighted by Crippen LogP contribution is -2.49. The van der Waals surface area contributed by atoms with Gasteiger partial charge in [-0.3, -0.25) is 9.89 Å². The number of guanidine groups is 1. The maximum atomic E-state index is 12.4. The van der Waals surface area contributed by atoms with Crippen LogP contribution < -0.4 is 5.32 Å². The molecule has 0 aromatic heterocycles. The van der Waals surface area contributed by atoms with Gasteiger partial charge in [0.2, 0.25) is 0 Å².